The van der Waals surface area contributed by atoms with Gasteiger partial charge >= 0.3 is 5.97 Å². The highest BCUT2D eigenvalue weighted by atomic mass is 16.5. The van der Waals surface area contributed by atoms with E-state index in [1.807, 2.05) is 6.08 Å². The van der Waals surface area contributed by atoms with Gasteiger partial charge in [-0.05, 0) is 89.9 Å². The minimum Gasteiger partial charge on any atom is -0.466 e. The van der Waals surface area contributed by atoms with Crippen LogP contribution in [0.2, 0.25) is 0 Å². The Kier molecular flexibility index (Phi) is 60.5. The number of aliphatic hydroxyl groups excluding tert-OH is 2. The van der Waals surface area contributed by atoms with Crippen molar-refractivity contribution >= 4 is 11.9 Å². The lowest BCUT2D eigenvalue weighted by molar-refractivity contribution is -0.143. The van der Waals surface area contributed by atoms with Gasteiger partial charge in [-0.1, -0.05) is 287 Å². The molecule has 0 aliphatic carbocycles. The van der Waals surface area contributed by atoms with Crippen molar-refractivity contribution in [2.45, 2.75) is 353 Å². The van der Waals surface area contributed by atoms with Crippen LogP contribution in [-0.2, 0) is 14.3 Å². The molecule has 0 radical (unpaired) electrons. The highest BCUT2D eigenvalue weighted by molar-refractivity contribution is 5.76. The first-order valence-electron chi connectivity index (χ1n) is 32.4. The Balaban J connectivity index is 3.47. The summed E-state index contributed by atoms with van der Waals surface area (Å²) < 4.78 is 5.48. The summed E-state index contributed by atoms with van der Waals surface area (Å²) in [5, 5.41) is 23.2. The fourth-order valence-electron chi connectivity index (χ4n) is 9.84. The number of allylic oxidation sites excluding steroid dienone is 7. The average Bonchev–Trinajstić information content (AvgIpc) is 3.39. The van der Waals surface area contributed by atoms with Crippen molar-refractivity contribution in [1.82, 2.24) is 5.32 Å². The SMILES string of the molecule is CCCCCCCCC/C=C\CCCCCCCC(=O)OCCCCCCCCCCC/C=C\C/C=C\CCCCCCCCCC(=O)NC(CO)C(O)/C=C/CCCCCCCCCCCCCCCCC. The molecule has 0 bridgehead atoms. The Hall–Kier alpha value is -2.18. The number of unbranched alkanes of at least 4 members (excludes halogenated alkanes) is 43. The Morgan fingerprint density at radius 2 is 0.685 bits per heavy atom. The monoisotopic (exact) mass is 1020 g/mol. The average molecular weight is 1020 g/mol. The second-order valence-electron chi connectivity index (χ2n) is 22.1. The van der Waals surface area contributed by atoms with Gasteiger partial charge in [-0.15, -0.1) is 0 Å². The number of hydrogen-bond acceptors (Lipinski definition) is 5. The maximum Gasteiger partial charge on any atom is 0.305 e. The Morgan fingerprint density at radius 3 is 1.05 bits per heavy atom. The normalized spacial score (nSPS) is 12.9. The Bertz CT molecular complexity index is 1230. The van der Waals surface area contributed by atoms with Crippen molar-refractivity contribution in [1.29, 1.82) is 0 Å². The third-order valence-electron chi connectivity index (χ3n) is 14.8. The number of esters is 1. The quantitative estimate of drug-likeness (QED) is 0.0320. The molecule has 0 aliphatic rings. The lowest BCUT2D eigenvalue weighted by atomic mass is 10.0. The van der Waals surface area contributed by atoms with Crippen LogP contribution in [-0.4, -0.2) is 47.4 Å². The molecule has 2 unspecified atom stereocenters. The van der Waals surface area contributed by atoms with Gasteiger partial charge in [0.05, 0.1) is 25.4 Å². The maximum atomic E-state index is 12.5. The molecule has 428 valence electrons. The van der Waals surface area contributed by atoms with Crippen LogP contribution >= 0.6 is 0 Å². The standard InChI is InChI=1S/C67H125NO5/c1-3-5-7-9-11-13-15-17-19-28-31-35-39-43-47-51-55-59-65(70)64(63-69)68-66(71)60-56-52-48-44-40-36-32-29-26-24-22-21-23-25-27-30-34-38-42-46-50-54-58-62-73-67(72)61-57-53-49-45-41-37-33-20-18-16-14-12-10-8-6-4-2/h20-21,23-24,26,33,55,59,64-65,69-70H,3-19,22,25,27-32,34-54,56-58,60-63H2,1-2H3,(H,68,71)/b23-21-,26-24-,33-20-,59-55+. The van der Waals surface area contributed by atoms with E-state index in [2.05, 4.69) is 55.6 Å². The minimum absolute atomic E-state index is 0.000961. The molecule has 0 aliphatic heterocycles. The molecule has 1 amide bonds. The summed E-state index contributed by atoms with van der Waals surface area (Å²) in [5.74, 6) is -0.0781. The zero-order chi connectivity index (χ0) is 52.9. The van der Waals surface area contributed by atoms with Gasteiger partial charge in [-0.25, -0.2) is 0 Å². The van der Waals surface area contributed by atoms with Crippen molar-refractivity contribution in [3.8, 4) is 0 Å². The molecule has 0 saturated carbocycles. The van der Waals surface area contributed by atoms with Crippen LogP contribution in [0.1, 0.15) is 341 Å². The fourth-order valence-corrected chi connectivity index (χ4v) is 9.84. The summed E-state index contributed by atoms with van der Waals surface area (Å²) >= 11 is 0. The van der Waals surface area contributed by atoms with Crippen LogP contribution in [0.25, 0.3) is 0 Å². The van der Waals surface area contributed by atoms with E-state index in [4.69, 9.17) is 4.74 Å². The molecule has 0 rings (SSSR count). The van der Waals surface area contributed by atoms with Gasteiger partial charge in [0, 0.05) is 12.8 Å². The van der Waals surface area contributed by atoms with E-state index in [1.165, 1.54) is 250 Å². The van der Waals surface area contributed by atoms with E-state index in [-0.39, 0.29) is 18.5 Å². The zero-order valence-electron chi connectivity index (χ0n) is 48.9. The lowest BCUT2D eigenvalue weighted by Crippen LogP contribution is -2.45. The number of rotatable bonds is 60. The highest BCUT2D eigenvalue weighted by Crippen LogP contribution is 2.17. The van der Waals surface area contributed by atoms with Crippen LogP contribution in [0.4, 0.5) is 0 Å². The van der Waals surface area contributed by atoms with Crippen molar-refractivity contribution in [2.24, 2.45) is 0 Å². The first-order chi connectivity index (χ1) is 36.0. The Morgan fingerprint density at radius 1 is 0.384 bits per heavy atom. The molecule has 3 N–H and O–H groups in total. The van der Waals surface area contributed by atoms with E-state index < -0.39 is 12.1 Å². The maximum absolute atomic E-state index is 12.5. The fraction of sp³-hybridized carbons (Fsp3) is 0.851. The third-order valence-corrected chi connectivity index (χ3v) is 14.8. The van der Waals surface area contributed by atoms with Crippen LogP contribution < -0.4 is 5.32 Å². The predicted octanol–water partition coefficient (Wildman–Crippen LogP) is 20.5. The molecule has 0 fully saturated rings. The number of carbonyl (C=O) groups excluding carboxylic acids is 2. The third kappa shape index (κ3) is 58.9. The van der Waals surface area contributed by atoms with E-state index in [9.17, 15) is 19.8 Å². The minimum atomic E-state index is -0.852. The molecule has 6 heteroatoms. The van der Waals surface area contributed by atoms with Crippen LogP contribution in [0.15, 0.2) is 48.6 Å². The number of hydrogen-bond donors (Lipinski definition) is 3. The summed E-state index contributed by atoms with van der Waals surface area (Å²) in [6.07, 6.45) is 80.1. The molecule has 73 heavy (non-hydrogen) atoms. The number of aliphatic hydroxyl groups is 2. The highest BCUT2D eigenvalue weighted by Gasteiger charge is 2.18. The van der Waals surface area contributed by atoms with Crippen LogP contribution in [0.3, 0.4) is 0 Å². The van der Waals surface area contributed by atoms with E-state index in [0.29, 0.717) is 19.4 Å². The summed E-state index contributed by atoms with van der Waals surface area (Å²) in [6, 6.07) is -0.637. The molecule has 0 aromatic rings. The molecular weight excluding hydrogens is 899 g/mol. The molecule has 0 aromatic carbocycles. The van der Waals surface area contributed by atoms with Crippen molar-refractivity contribution in [2.75, 3.05) is 13.2 Å². The smallest absolute Gasteiger partial charge is 0.305 e. The second-order valence-corrected chi connectivity index (χ2v) is 22.1. The van der Waals surface area contributed by atoms with Crippen LogP contribution in [0, 0.1) is 0 Å². The molecule has 2 atom stereocenters. The van der Waals surface area contributed by atoms with Gasteiger partial charge in [0.2, 0.25) is 5.91 Å². The number of amides is 1. The molecule has 0 saturated heterocycles. The molecule has 0 heterocycles. The zero-order valence-corrected chi connectivity index (χ0v) is 48.9. The molecular formula is C67H125NO5. The first kappa shape index (κ1) is 70.8. The Labute approximate surface area is 455 Å². The summed E-state index contributed by atoms with van der Waals surface area (Å²) in [4.78, 5) is 24.5. The van der Waals surface area contributed by atoms with Gasteiger partial charge in [-0.2, -0.15) is 0 Å². The molecule has 0 spiro atoms. The number of nitrogens with one attached hydrogen (secondary N) is 1. The number of carbonyl (C=O) groups is 2. The summed E-state index contributed by atoms with van der Waals surface area (Å²) in [7, 11) is 0. The van der Waals surface area contributed by atoms with Crippen molar-refractivity contribution in [3.05, 3.63) is 48.6 Å². The predicted molar refractivity (Wildman–Crippen MR) is 319 cm³/mol. The number of ether oxygens (including phenoxy) is 1. The van der Waals surface area contributed by atoms with Crippen LogP contribution in [0.5, 0.6) is 0 Å². The van der Waals surface area contributed by atoms with E-state index in [1.54, 1.807) is 6.08 Å². The first-order valence-corrected chi connectivity index (χ1v) is 32.4. The van der Waals surface area contributed by atoms with Crippen molar-refractivity contribution < 1.29 is 24.5 Å². The summed E-state index contributed by atoms with van der Waals surface area (Å²) in [5.41, 5.74) is 0. The topological polar surface area (TPSA) is 95.9 Å². The van der Waals surface area contributed by atoms with Gasteiger partial charge in [-0.3, -0.25) is 9.59 Å². The van der Waals surface area contributed by atoms with E-state index in [0.717, 1.165) is 64.2 Å². The van der Waals surface area contributed by atoms with Gasteiger partial charge < -0.3 is 20.3 Å². The van der Waals surface area contributed by atoms with Crippen molar-refractivity contribution in [3.63, 3.8) is 0 Å². The molecule has 6 nitrogen and oxygen atoms in total. The van der Waals surface area contributed by atoms with Gasteiger partial charge in [0.1, 0.15) is 0 Å². The second kappa shape index (κ2) is 62.4. The van der Waals surface area contributed by atoms with E-state index >= 15 is 0 Å². The van der Waals surface area contributed by atoms with Gasteiger partial charge in [0.15, 0.2) is 0 Å². The molecule has 0 aromatic heterocycles. The lowest BCUT2D eigenvalue weighted by Gasteiger charge is -2.20. The largest absolute Gasteiger partial charge is 0.466 e. The summed E-state index contributed by atoms with van der Waals surface area (Å²) in [6.45, 7) is 4.90. The van der Waals surface area contributed by atoms with Gasteiger partial charge in [0.25, 0.3) is 0 Å².